The average molecular weight is 267 g/mol. The van der Waals surface area contributed by atoms with Crippen LogP contribution >= 0.6 is 15.9 Å². The number of hydrogen-bond donors (Lipinski definition) is 0. The molecule has 0 aliphatic rings. The number of alkyl halides is 1. The largest absolute Gasteiger partial charge is 0.261 e. The van der Waals surface area contributed by atoms with Gasteiger partial charge >= 0.3 is 0 Å². The molecule has 2 aromatic heterocycles. The van der Waals surface area contributed by atoms with Crippen molar-refractivity contribution >= 4 is 15.9 Å². The highest BCUT2D eigenvalue weighted by Crippen LogP contribution is 2.09. The number of hydrogen-bond acceptors (Lipinski definition) is 3. The van der Waals surface area contributed by atoms with Gasteiger partial charge in [0.05, 0.1) is 18.4 Å². The summed E-state index contributed by atoms with van der Waals surface area (Å²) in [5.74, 6) is 0. The van der Waals surface area contributed by atoms with Crippen LogP contribution in [0.3, 0.4) is 0 Å². The predicted octanol–water partition coefficient (Wildman–Crippen LogP) is 1.92. The van der Waals surface area contributed by atoms with Crippen LogP contribution in [-0.2, 0) is 11.9 Å². The second-order valence-corrected chi connectivity index (χ2v) is 3.83. The van der Waals surface area contributed by atoms with E-state index in [1.807, 2.05) is 17.7 Å². The SMILES string of the molecule is Cc1ncccc1Cn1nncc1CBr. The van der Waals surface area contributed by atoms with Gasteiger partial charge in [0.25, 0.3) is 0 Å². The third-order valence-corrected chi connectivity index (χ3v) is 2.85. The number of pyridine rings is 1. The van der Waals surface area contributed by atoms with Crippen molar-refractivity contribution in [2.75, 3.05) is 0 Å². The average Bonchev–Trinajstić information content (AvgIpc) is 2.69. The molecule has 0 saturated heterocycles. The molecule has 15 heavy (non-hydrogen) atoms. The molecule has 0 saturated carbocycles. The minimum Gasteiger partial charge on any atom is -0.261 e. The van der Waals surface area contributed by atoms with E-state index in [4.69, 9.17) is 0 Å². The minimum atomic E-state index is 0.723. The Balaban J connectivity index is 2.26. The Labute approximate surface area is 96.5 Å². The van der Waals surface area contributed by atoms with Crippen LogP contribution in [-0.4, -0.2) is 20.0 Å². The van der Waals surface area contributed by atoms with Crippen LogP contribution in [0.2, 0.25) is 0 Å². The van der Waals surface area contributed by atoms with E-state index >= 15 is 0 Å². The zero-order chi connectivity index (χ0) is 10.7. The third-order valence-electron chi connectivity index (χ3n) is 2.27. The molecule has 78 valence electrons. The van der Waals surface area contributed by atoms with E-state index < -0.39 is 0 Å². The number of aryl methyl sites for hydroxylation is 1. The van der Waals surface area contributed by atoms with E-state index in [-0.39, 0.29) is 0 Å². The molecule has 0 atom stereocenters. The minimum absolute atomic E-state index is 0.723. The maximum Gasteiger partial charge on any atom is 0.0734 e. The smallest absolute Gasteiger partial charge is 0.0734 e. The first-order valence-electron chi connectivity index (χ1n) is 4.65. The summed E-state index contributed by atoms with van der Waals surface area (Å²) in [6, 6.07) is 4.00. The molecular weight excluding hydrogens is 256 g/mol. The Morgan fingerprint density at radius 1 is 1.47 bits per heavy atom. The van der Waals surface area contributed by atoms with Crippen LogP contribution in [0.25, 0.3) is 0 Å². The molecule has 0 N–H and O–H groups in total. The summed E-state index contributed by atoms with van der Waals surface area (Å²) in [4.78, 5) is 4.24. The quantitative estimate of drug-likeness (QED) is 0.798. The van der Waals surface area contributed by atoms with Gasteiger partial charge < -0.3 is 0 Å². The van der Waals surface area contributed by atoms with Gasteiger partial charge in [-0.3, -0.25) is 4.98 Å². The number of rotatable bonds is 3. The fourth-order valence-corrected chi connectivity index (χ4v) is 1.80. The van der Waals surface area contributed by atoms with Gasteiger partial charge in [-0.25, -0.2) is 4.68 Å². The first-order valence-corrected chi connectivity index (χ1v) is 5.77. The molecule has 0 aliphatic heterocycles. The lowest BCUT2D eigenvalue weighted by molar-refractivity contribution is 0.628. The molecule has 0 aromatic carbocycles. The van der Waals surface area contributed by atoms with E-state index in [9.17, 15) is 0 Å². The molecular formula is C10H11BrN4. The number of nitrogens with zero attached hydrogens (tertiary/aromatic N) is 4. The summed E-state index contributed by atoms with van der Waals surface area (Å²) < 4.78 is 1.87. The standard InChI is InChI=1S/C10H11BrN4/c1-8-9(3-2-4-12-8)7-15-10(5-11)6-13-14-15/h2-4,6H,5,7H2,1H3. The van der Waals surface area contributed by atoms with Crippen LogP contribution in [0.1, 0.15) is 17.0 Å². The van der Waals surface area contributed by atoms with E-state index in [2.05, 4.69) is 37.3 Å². The van der Waals surface area contributed by atoms with Gasteiger partial charge in [0.1, 0.15) is 0 Å². The Morgan fingerprint density at radius 3 is 3.07 bits per heavy atom. The lowest BCUT2D eigenvalue weighted by atomic mass is 10.2. The molecule has 5 heteroatoms. The summed E-state index contributed by atoms with van der Waals surface area (Å²) in [6.45, 7) is 2.72. The Kier molecular flexibility index (Phi) is 3.11. The first kappa shape index (κ1) is 10.3. The van der Waals surface area contributed by atoms with Crippen molar-refractivity contribution in [1.82, 2.24) is 20.0 Å². The molecule has 0 amide bonds. The van der Waals surface area contributed by atoms with Gasteiger partial charge in [-0.05, 0) is 18.6 Å². The van der Waals surface area contributed by atoms with E-state index in [1.165, 1.54) is 5.56 Å². The Hall–Kier alpha value is -1.23. The number of halogens is 1. The summed E-state index contributed by atoms with van der Waals surface area (Å²) in [7, 11) is 0. The second-order valence-electron chi connectivity index (χ2n) is 3.26. The lowest BCUT2D eigenvalue weighted by Gasteiger charge is -2.06. The molecule has 2 aromatic rings. The zero-order valence-corrected chi connectivity index (χ0v) is 9.98. The predicted molar refractivity (Wildman–Crippen MR) is 60.7 cm³/mol. The number of aromatic nitrogens is 4. The highest BCUT2D eigenvalue weighted by molar-refractivity contribution is 9.08. The Morgan fingerprint density at radius 2 is 2.33 bits per heavy atom. The topological polar surface area (TPSA) is 43.6 Å². The molecule has 0 radical (unpaired) electrons. The lowest BCUT2D eigenvalue weighted by Crippen LogP contribution is -2.07. The van der Waals surface area contributed by atoms with Gasteiger partial charge in [0, 0.05) is 17.2 Å². The van der Waals surface area contributed by atoms with Crippen LogP contribution < -0.4 is 0 Å². The fraction of sp³-hybridized carbons (Fsp3) is 0.300. The van der Waals surface area contributed by atoms with E-state index in [1.54, 1.807) is 12.4 Å². The molecule has 0 bridgehead atoms. The van der Waals surface area contributed by atoms with Gasteiger partial charge in [-0.1, -0.05) is 27.2 Å². The molecule has 2 rings (SSSR count). The van der Waals surface area contributed by atoms with Gasteiger partial charge in [-0.2, -0.15) is 0 Å². The van der Waals surface area contributed by atoms with Crippen LogP contribution in [0, 0.1) is 6.92 Å². The monoisotopic (exact) mass is 266 g/mol. The summed E-state index contributed by atoms with van der Waals surface area (Å²) >= 11 is 3.40. The zero-order valence-electron chi connectivity index (χ0n) is 8.39. The van der Waals surface area contributed by atoms with Gasteiger partial charge in [0.2, 0.25) is 0 Å². The van der Waals surface area contributed by atoms with Crippen molar-refractivity contribution in [1.29, 1.82) is 0 Å². The maximum atomic E-state index is 4.24. The molecule has 4 nitrogen and oxygen atoms in total. The Bertz CT molecular complexity index is 452. The van der Waals surface area contributed by atoms with E-state index in [0.29, 0.717) is 0 Å². The van der Waals surface area contributed by atoms with Crippen molar-refractivity contribution in [3.05, 3.63) is 41.5 Å². The molecule has 0 fully saturated rings. The molecule has 0 spiro atoms. The summed E-state index contributed by atoms with van der Waals surface area (Å²) in [6.07, 6.45) is 3.56. The van der Waals surface area contributed by atoms with Gasteiger partial charge in [0.15, 0.2) is 0 Å². The van der Waals surface area contributed by atoms with Crippen LogP contribution in [0.5, 0.6) is 0 Å². The van der Waals surface area contributed by atoms with Crippen molar-refractivity contribution < 1.29 is 0 Å². The first-order chi connectivity index (χ1) is 7.31. The van der Waals surface area contributed by atoms with Crippen molar-refractivity contribution in [3.8, 4) is 0 Å². The van der Waals surface area contributed by atoms with Gasteiger partial charge in [-0.15, -0.1) is 5.10 Å². The highest BCUT2D eigenvalue weighted by Gasteiger charge is 2.04. The van der Waals surface area contributed by atoms with E-state index in [0.717, 1.165) is 23.3 Å². The summed E-state index contributed by atoms with van der Waals surface area (Å²) in [5, 5.41) is 8.68. The maximum absolute atomic E-state index is 4.24. The molecule has 0 aliphatic carbocycles. The normalized spacial score (nSPS) is 10.5. The van der Waals surface area contributed by atoms with Crippen LogP contribution in [0.4, 0.5) is 0 Å². The van der Waals surface area contributed by atoms with Crippen LogP contribution in [0.15, 0.2) is 24.5 Å². The third kappa shape index (κ3) is 2.23. The van der Waals surface area contributed by atoms with Crippen molar-refractivity contribution in [2.45, 2.75) is 18.8 Å². The molecule has 0 unspecified atom stereocenters. The van der Waals surface area contributed by atoms with Crippen molar-refractivity contribution in [3.63, 3.8) is 0 Å². The fourth-order valence-electron chi connectivity index (χ4n) is 1.36. The summed E-state index contributed by atoms with van der Waals surface area (Å²) in [5.41, 5.74) is 3.27. The van der Waals surface area contributed by atoms with Crippen molar-refractivity contribution in [2.24, 2.45) is 0 Å². The second kappa shape index (κ2) is 4.53. The highest BCUT2D eigenvalue weighted by atomic mass is 79.9. The molecule has 2 heterocycles.